The highest BCUT2D eigenvalue weighted by Gasteiger charge is 2.41. The van der Waals surface area contributed by atoms with Crippen molar-refractivity contribution in [1.82, 2.24) is 19.7 Å². The fourth-order valence-corrected chi connectivity index (χ4v) is 4.95. The summed E-state index contributed by atoms with van der Waals surface area (Å²) in [4.78, 5) is 9.12. The van der Waals surface area contributed by atoms with Gasteiger partial charge in [0.2, 0.25) is 0 Å². The zero-order valence-electron chi connectivity index (χ0n) is 16.9. The van der Waals surface area contributed by atoms with Crippen molar-refractivity contribution in [2.75, 3.05) is 12.4 Å². The number of rotatable bonds is 5. The Morgan fingerprint density at radius 2 is 1.23 bits per heavy atom. The highest BCUT2D eigenvalue weighted by Crippen LogP contribution is 2.42. The van der Waals surface area contributed by atoms with E-state index in [0.29, 0.717) is 0 Å². The molecule has 6 heteroatoms. The van der Waals surface area contributed by atoms with Crippen LogP contribution in [0.2, 0.25) is 0 Å². The van der Waals surface area contributed by atoms with Crippen molar-refractivity contribution < 1.29 is 0 Å². The Balaban J connectivity index is 1.99. The molecule has 3 aromatic carbocycles. The van der Waals surface area contributed by atoms with Gasteiger partial charge in [-0.05, 0) is 39.3 Å². The minimum Gasteiger partial charge on any atom is -0.372 e. The van der Waals surface area contributed by atoms with Gasteiger partial charge in [-0.25, -0.2) is 14.6 Å². The van der Waals surface area contributed by atoms with E-state index in [2.05, 4.69) is 106 Å². The van der Waals surface area contributed by atoms with Crippen LogP contribution in [0.4, 0.5) is 5.82 Å². The molecule has 0 aliphatic rings. The van der Waals surface area contributed by atoms with Gasteiger partial charge in [-0.1, -0.05) is 91.0 Å². The lowest BCUT2D eigenvalue weighted by molar-refractivity contribution is 0.470. The van der Waals surface area contributed by atoms with Gasteiger partial charge in [-0.3, -0.25) is 0 Å². The van der Waals surface area contributed by atoms with Gasteiger partial charge in [0.1, 0.15) is 21.4 Å². The van der Waals surface area contributed by atoms with Gasteiger partial charge in [0.05, 0.1) is 5.39 Å². The summed E-state index contributed by atoms with van der Waals surface area (Å²) < 4.78 is 2.90. The molecule has 0 saturated heterocycles. The predicted octanol–water partition coefficient (Wildman–Crippen LogP) is 5.31. The fourth-order valence-electron chi connectivity index (χ4n) is 4.24. The first-order valence-electron chi connectivity index (χ1n) is 10.0. The van der Waals surface area contributed by atoms with E-state index in [1.54, 1.807) is 6.33 Å². The molecule has 5 nitrogen and oxygen atoms in total. The van der Waals surface area contributed by atoms with Crippen LogP contribution in [0.25, 0.3) is 11.0 Å². The van der Waals surface area contributed by atoms with Crippen LogP contribution >= 0.6 is 22.6 Å². The molecular formula is C25H20IN5. The summed E-state index contributed by atoms with van der Waals surface area (Å²) in [6.45, 7) is 0. The van der Waals surface area contributed by atoms with Crippen molar-refractivity contribution in [1.29, 1.82) is 0 Å². The second kappa shape index (κ2) is 8.11. The molecule has 0 atom stereocenters. The Hall–Kier alpha value is -3.26. The van der Waals surface area contributed by atoms with Crippen molar-refractivity contribution in [3.05, 3.63) is 118 Å². The molecule has 0 aliphatic heterocycles. The van der Waals surface area contributed by atoms with E-state index in [0.717, 1.165) is 37.2 Å². The van der Waals surface area contributed by atoms with Crippen LogP contribution in [0.1, 0.15) is 16.7 Å². The molecular weight excluding hydrogens is 497 g/mol. The van der Waals surface area contributed by atoms with Gasteiger partial charge in [0, 0.05) is 7.05 Å². The average molecular weight is 517 g/mol. The van der Waals surface area contributed by atoms with E-state index in [9.17, 15) is 0 Å². The molecule has 0 amide bonds. The molecule has 5 rings (SSSR count). The number of benzene rings is 3. The van der Waals surface area contributed by atoms with Crippen LogP contribution in [0.3, 0.4) is 0 Å². The van der Waals surface area contributed by atoms with Gasteiger partial charge in [-0.2, -0.15) is 5.10 Å². The number of nitrogens with zero attached hydrogens (tertiary/aromatic N) is 4. The standard InChI is InChI=1S/C25H20IN5/c1-27-23-21-22(26)30-31(24(21)29-17-28-23)25(18-11-5-2-6-12-18,19-13-7-3-8-14-19)20-15-9-4-10-16-20/h2-17H,1H3,(H,27,28,29). The van der Waals surface area contributed by atoms with Crippen molar-refractivity contribution in [3.8, 4) is 0 Å². The number of aromatic nitrogens is 4. The first-order chi connectivity index (χ1) is 15.3. The Kier molecular flexibility index (Phi) is 5.15. The SMILES string of the molecule is CNc1ncnc2c1c(I)nn2C(c1ccccc1)(c1ccccc1)c1ccccc1. The third-order valence-corrected chi connectivity index (χ3v) is 6.31. The fraction of sp³-hybridized carbons (Fsp3) is 0.0800. The highest BCUT2D eigenvalue weighted by atomic mass is 127. The average Bonchev–Trinajstić information content (AvgIpc) is 3.19. The van der Waals surface area contributed by atoms with Crippen LogP contribution < -0.4 is 5.32 Å². The Morgan fingerprint density at radius 3 is 1.68 bits per heavy atom. The maximum atomic E-state index is 5.06. The van der Waals surface area contributed by atoms with Crippen LogP contribution in [-0.2, 0) is 5.54 Å². The minimum atomic E-state index is -0.704. The van der Waals surface area contributed by atoms with Crippen LogP contribution in [-0.4, -0.2) is 26.8 Å². The molecule has 0 saturated carbocycles. The molecule has 0 bridgehead atoms. The minimum absolute atomic E-state index is 0.704. The van der Waals surface area contributed by atoms with E-state index in [1.807, 2.05) is 29.9 Å². The van der Waals surface area contributed by atoms with Gasteiger partial charge in [0.15, 0.2) is 5.65 Å². The summed E-state index contributed by atoms with van der Waals surface area (Å²) in [7, 11) is 1.87. The largest absolute Gasteiger partial charge is 0.372 e. The molecule has 5 aromatic rings. The zero-order valence-corrected chi connectivity index (χ0v) is 19.1. The van der Waals surface area contributed by atoms with Crippen LogP contribution in [0.5, 0.6) is 0 Å². The van der Waals surface area contributed by atoms with E-state index in [1.165, 1.54) is 0 Å². The third-order valence-electron chi connectivity index (χ3n) is 5.55. The van der Waals surface area contributed by atoms with E-state index >= 15 is 0 Å². The first kappa shape index (κ1) is 19.7. The van der Waals surface area contributed by atoms with Gasteiger partial charge < -0.3 is 5.32 Å². The second-order valence-corrected chi connectivity index (χ2v) is 8.20. The lowest BCUT2D eigenvalue weighted by atomic mass is 9.77. The third kappa shape index (κ3) is 3.09. The highest BCUT2D eigenvalue weighted by molar-refractivity contribution is 14.1. The Labute approximate surface area is 194 Å². The molecule has 0 fully saturated rings. The molecule has 2 heterocycles. The normalized spacial score (nSPS) is 11.5. The van der Waals surface area contributed by atoms with Gasteiger partial charge in [-0.15, -0.1) is 0 Å². The summed E-state index contributed by atoms with van der Waals surface area (Å²) in [5.41, 5.74) is 3.40. The number of hydrogen-bond donors (Lipinski definition) is 1. The predicted molar refractivity (Wildman–Crippen MR) is 132 cm³/mol. The number of halogens is 1. The molecule has 31 heavy (non-hydrogen) atoms. The monoisotopic (exact) mass is 517 g/mol. The number of fused-ring (bicyclic) bond motifs is 1. The second-order valence-electron chi connectivity index (χ2n) is 7.18. The maximum absolute atomic E-state index is 5.06. The smallest absolute Gasteiger partial charge is 0.165 e. The topological polar surface area (TPSA) is 55.6 Å². The quantitative estimate of drug-likeness (QED) is 0.254. The number of hydrogen-bond acceptors (Lipinski definition) is 4. The molecule has 0 spiro atoms. The molecule has 152 valence electrons. The van der Waals surface area contributed by atoms with E-state index in [-0.39, 0.29) is 0 Å². The zero-order chi connectivity index (χ0) is 21.3. The van der Waals surface area contributed by atoms with E-state index in [4.69, 9.17) is 10.1 Å². The first-order valence-corrected chi connectivity index (χ1v) is 11.1. The van der Waals surface area contributed by atoms with E-state index < -0.39 is 5.54 Å². The van der Waals surface area contributed by atoms with Crippen molar-refractivity contribution in [3.63, 3.8) is 0 Å². The lowest BCUT2D eigenvalue weighted by Crippen LogP contribution is -2.38. The molecule has 2 aromatic heterocycles. The maximum Gasteiger partial charge on any atom is 0.165 e. The van der Waals surface area contributed by atoms with Crippen molar-refractivity contribution in [2.24, 2.45) is 0 Å². The Morgan fingerprint density at radius 1 is 0.742 bits per heavy atom. The Bertz CT molecular complexity index is 1220. The molecule has 0 aliphatic carbocycles. The summed E-state index contributed by atoms with van der Waals surface area (Å²) in [5.74, 6) is 0.767. The molecule has 0 radical (unpaired) electrons. The molecule has 1 N–H and O–H groups in total. The number of nitrogens with one attached hydrogen (secondary N) is 1. The molecule has 0 unspecified atom stereocenters. The summed E-state index contributed by atoms with van der Waals surface area (Å²) >= 11 is 2.27. The van der Waals surface area contributed by atoms with Gasteiger partial charge >= 0.3 is 0 Å². The van der Waals surface area contributed by atoms with Crippen LogP contribution in [0.15, 0.2) is 97.3 Å². The summed E-state index contributed by atoms with van der Waals surface area (Å²) in [6.07, 6.45) is 1.59. The number of anilines is 1. The van der Waals surface area contributed by atoms with Crippen molar-refractivity contribution in [2.45, 2.75) is 5.54 Å². The summed E-state index contributed by atoms with van der Waals surface area (Å²) in [5, 5.41) is 9.16. The van der Waals surface area contributed by atoms with Gasteiger partial charge in [0.25, 0.3) is 0 Å². The summed E-state index contributed by atoms with van der Waals surface area (Å²) in [6, 6.07) is 31.5. The van der Waals surface area contributed by atoms with Crippen molar-refractivity contribution >= 4 is 39.4 Å². The van der Waals surface area contributed by atoms with Crippen LogP contribution in [0, 0.1) is 3.70 Å². The lowest BCUT2D eigenvalue weighted by Gasteiger charge is -2.36.